The molecule has 0 N–H and O–H groups in total. The topological polar surface area (TPSA) is 37.4 Å². The molecule has 2 aliphatic rings. The van der Waals surface area contributed by atoms with Gasteiger partial charge in [0, 0.05) is 35.1 Å². The van der Waals surface area contributed by atoms with Crippen LogP contribution in [0.15, 0.2) is 78.0 Å². The van der Waals surface area contributed by atoms with E-state index in [1.54, 1.807) is 17.0 Å². The predicted molar refractivity (Wildman–Crippen MR) is 116 cm³/mol. The SMILES string of the molecule is O=C1CCCC2=C1C(c1ccc3ccccc3c1)CC(=O)N2c1cccc(Cl)c1. The molecule has 1 aliphatic carbocycles. The van der Waals surface area contributed by atoms with E-state index in [2.05, 4.69) is 30.3 Å². The predicted octanol–water partition coefficient (Wildman–Crippen LogP) is 6.02. The van der Waals surface area contributed by atoms with E-state index in [1.165, 1.54) is 0 Å². The highest BCUT2D eigenvalue weighted by Crippen LogP contribution is 2.44. The van der Waals surface area contributed by atoms with Crippen molar-refractivity contribution < 1.29 is 9.59 Å². The number of benzene rings is 3. The second-order valence-electron chi connectivity index (χ2n) is 7.71. The summed E-state index contributed by atoms with van der Waals surface area (Å²) in [6, 6.07) is 21.7. The zero-order chi connectivity index (χ0) is 20.0. The van der Waals surface area contributed by atoms with Gasteiger partial charge in [0.2, 0.25) is 5.91 Å². The molecule has 1 heterocycles. The van der Waals surface area contributed by atoms with Gasteiger partial charge in [-0.1, -0.05) is 60.1 Å². The molecule has 1 unspecified atom stereocenters. The van der Waals surface area contributed by atoms with Gasteiger partial charge >= 0.3 is 0 Å². The Morgan fingerprint density at radius 3 is 2.52 bits per heavy atom. The lowest BCUT2D eigenvalue weighted by Gasteiger charge is -2.38. The van der Waals surface area contributed by atoms with Crippen molar-refractivity contribution in [3.63, 3.8) is 0 Å². The van der Waals surface area contributed by atoms with Crippen LogP contribution >= 0.6 is 11.6 Å². The summed E-state index contributed by atoms with van der Waals surface area (Å²) in [4.78, 5) is 28.0. The van der Waals surface area contributed by atoms with Crippen molar-refractivity contribution in [2.75, 3.05) is 4.90 Å². The fourth-order valence-corrected chi connectivity index (χ4v) is 4.80. The second kappa shape index (κ2) is 7.16. The normalized spacial score (nSPS) is 19.6. The van der Waals surface area contributed by atoms with Crippen LogP contribution in [0.1, 0.15) is 37.2 Å². The average molecular weight is 402 g/mol. The average Bonchev–Trinajstić information content (AvgIpc) is 2.73. The lowest BCUT2D eigenvalue weighted by molar-refractivity contribution is -0.119. The number of Topliss-reactive ketones (excluding diaryl/α,β-unsaturated/α-hetero) is 1. The van der Waals surface area contributed by atoms with E-state index in [1.807, 2.05) is 24.3 Å². The van der Waals surface area contributed by atoms with Crippen molar-refractivity contribution in [3.05, 3.63) is 88.6 Å². The third-order valence-corrected chi connectivity index (χ3v) is 6.15. The Morgan fingerprint density at radius 2 is 1.69 bits per heavy atom. The largest absolute Gasteiger partial charge is 0.294 e. The van der Waals surface area contributed by atoms with Crippen molar-refractivity contribution in [1.29, 1.82) is 0 Å². The van der Waals surface area contributed by atoms with Gasteiger partial charge in [-0.25, -0.2) is 0 Å². The van der Waals surface area contributed by atoms with Gasteiger partial charge in [0.1, 0.15) is 0 Å². The van der Waals surface area contributed by atoms with E-state index in [0.29, 0.717) is 11.4 Å². The molecular weight excluding hydrogens is 382 g/mol. The number of halogens is 1. The molecule has 0 bridgehead atoms. The maximum absolute atomic E-state index is 13.3. The number of nitrogens with zero attached hydrogens (tertiary/aromatic N) is 1. The van der Waals surface area contributed by atoms with Crippen LogP contribution in [0, 0.1) is 0 Å². The molecular formula is C25H20ClNO2. The highest BCUT2D eigenvalue weighted by atomic mass is 35.5. The van der Waals surface area contributed by atoms with Crippen molar-refractivity contribution in [2.24, 2.45) is 0 Å². The van der Waals surface area contributed by atoms with E-state index in [-0.39, 0.29) is 24.0 Å². The molecule has 1 amide bonds. The molecule has 0 saturated carbocycles. The van der Waals surface area contributed by atoms with Gasteiger partial charge in [-0.05, 0) is 47.4 Å². The van der Waals surface area contributed by atoms with Gasteiger partial charge in [0.05, 0.1) is 5.69 Å². The Bertz CT molecular complexity index is 1180. The first-order chi connectivity index (χ1) is 14.1. The number of ketones is 1. The molecule has 144 valence electrons. The third kappa shape index (κ3) is 3.16. The van der Waals surface area contributed by atoms with Gasteiger partial charge in [-0.2, -0.15) is 0 Å². The molecule has 3 aromatic carbocycles. The fourth-order valence-electron chi connectivity index (χ4n) is 4.62. The molecule has 0 spiro atoms. The minimum atomic E-state index is -0.189. The van der Waals surface area contributed by atoms with Crippen molar-refractivity contribution in [2.45, 2.75) is 31.6 Å². The van der Waals surface area contributed by atoms with Gasteiger partial charge in [0.25, 0.3) is 0 Å². The van der Waals surface area contributed by atoms with Crippen molar-refractivity contribution >= 4 is 39.8 Å². The second-order valence-corrected chi connectivity index (χ2v) is 8.15. The molecule has 1 atom stereocenters. The van der Waals surface area contributed by atoms with Gasteiger partial charge in [-0.15, -0.1) is 0 Å². The van der Waals surface area contributed by atoms with E-state index in [9.17, 15) is 9.59 Å². The minimum Gasteiger partial charge on any atom is -0.294 e. The fraction of sp³-hybridized carbons (Fsp3) is 0.200. The molecule has 3 nitrogen and oxygen atoms in total. The van der Waals surface area contributed by atoms with Crippen LogP contribution < -0.4 is 4.90 Å². The molecule has 3 aromatic rings. The Labute approximate surface area is 174 Å². The highest BCUT2D eigenvalue weighted by Gasteiger charge is 2.39. The standard InChI is InChI=1S/C25H20ClNO2/c26-19-7-3-8-20(14-19)27-22-9-4-10-23(28)25(22)21(15-24(27)29)18-12-11-16-5-1-2-6-17(16)13-18/h1-3,5-8,11-14,21H,4,9-10,15H2. The van der Waals surface area contributed by atoms with Gasteiger partial charge < -0.3 is 0 Å². The Hall–Kier alpha value is -2.91. The maximum Gasteiger partial charge on any atom is 0.232 e. The number of carbonyl (C=O) groups excluding carboxylic acids is 2. The zero-order valence-electron chi connectivity index (χ0n) is 15.9. The Kier molecular flexibility index (Phi) is 4.48. The smallest absolute Gasteiger partial charge is 0.232 e. The molecule has 29 heavy (non-hydrogen) atoms. The van der Waals surface area contributed by atoms with Gasteiger partial charge in [-0.3, -0.25) is 14.5 Å². The summed E-state index contributed by atoms with van der Waals surface area (Å²) in [5.41, 5.74) is 3.41. The van der Waals surface area contributed by atoms with E-state index >= 15 is 0 Å². The summed E-state index contributed by atoms with van der Waals surface area (Å²) in [6.45, 7) is 0. The van der Waals surface area contributed by atoms with Crippen LogP contribution in [-0.4, -0.2) is 11.7 Å². The number of fused-ring (bicyclic) bond motifs is 1. The van der Waals surface area contributed by atoms with Crippen molar-refractivity contribution in [3.8, 4) is 0 Å². The van der Waals surface area contributed by atoms with E-state index in [0.717, 1.165) is 46.1 Å². The molecule has 4 heteroatoms. The summed E-state index contributed by atoms with van der Waals surface area (Å²) in [5.74, 6) is -0.0202. The minimum absolute atomic E-state index is 0.0128. The Morgan fingerprint density at radius 1 is 0.862 bits per heavy atom. The van der Waals surface area contributed by atoms with Crippen molar-refractivity contribution in [1.82, 2.24) is 0 Å². The van der Waals surface area contributed by atoms with E-state index in [4.69, 9.17) is 11.6 Å². The quantitative estimate of drug-likeness (QED) is 0.526. The molecule has 0 saturated heterocycles. The van der Waals surface area contributed by atoms with E-state index < -0.39 is 0 Å². The number of hydrogen-bond donors (Lipinski definition) is 0. The monoisotopic (exact) mass is 401 g/mol. The highest BCUT2D eigenvalue weighted by molar-refractivity contribution is 6.31. The number of allylic oxidation sites excluding steroid dienone is 2. The number of carbonyl (C=O) groups is 2. The maximum atomic E-state index is 13.3. The summed E-state index contributed by atoms with van der Waals surface area (Å²) >= 11 is 6.17. The van der Waals surface area contributed by atoms with Crippen LogP contribution in [-0.2, 0) is 9.59 Å². The molecule has 5 rings (SSSR count). The molecule has 1 aliphatic heterocycles. The first kappa shape index (κ1) is 18.1. The first-order valence-corrected chi connectivity index (χ1v) is 10.3. The summed E-state index contributed by atoms with van der Waals surface area (Å²) in [5, 5.41) is 2.86. The molecule has 0 fully saturated rings. The number of rotatable bonds is 2. The third-order valence-electron chi connectivity index (χ3n) is 5.92. The first-order valence-electron chi connectivity index (χ1n) is 9.95. The van der Waals surface area contributed by atoms with Crippen LogP contribution in [0.25, 0.3) is 10.8 Å². The van der Waals surface area contributed by atoms with Crippen LogP contribution in [0.2, 0.25) is 5.02 Å². The van der Waals surface area contributed by atoms with Crippen LogP contribution in [0.3, 0.4) is 0 Å². The lowest BCUT2D eigenvalue weighted by Crippen LogP contribution is -2.40. The molecule has 0 aromatic heterocycles. The number of amides is 1. The number of hydrogen-bond acceptors (Lipinski definition) is 2. The summed E-state index contributed by atoms with van der Waals surface area (Å²) in [7, 11) is 0. The van der Waals surface area contributed by atoms with Crippen LogP contribution in [0.4, 0.5) is 5.69 Å². The van der Waals surface area contributed by atoms with Gasteiger partial charge in [0.15, 0.2) is 5.78 Å². The number of anilines is 1. The summed E-state index contributed by atoms with van der Waals surface area (Å²) < 4.78 is 0. The molecule has 0 radical (unpaired) electrons. The van der Waals surface area contributed by atoms with Crippen LogP contribution in [0.5, 0.6) is 0 Å². The lowest BCUT2D eigenvalue weighted by atomic mass is 9.77. The zero-order valence-corrected chi connectivity index (χ0v) is 16.7. The Balaban J connectivity index is 1.66. The summed E-state index contributed by atoms with van der Waals surface area (Å²) in [6.07, 6.45) is 2.33.